The lowest BCUT2D eigenvalue weighted by atomic mass is 10.3. The topological polar surface area (TPSA) is 35.5 Å². The Hall–Kier alpha value is -1.91. The summed E-state index contributed by atoms with van der Waals surface area (Å²) in [7, 11) is 0. The Bertz CT molecular complexity index is 430. The molecule has 1 aromatic rings. The van der Waals surface area contributed by atoms with E-state index in [0.29, 0.717) is 0 Å². The van der Waals surface area contributed by atoms with Gasteiger partial charge in [0, 0.05) is 0 Å². The van der Waals surface area contributed by atoms with Gasteiger partial charge in [-0.3, -0.25) is 0 Å². The van der Waals surface area contributed by atoms with Crippen LogP contribution in [0.15, 0.2) is 30.4 Å². The highest BCUT2D eigenvalue weighted by atomic mass is 19.2. The Morgan fingerprint density at radius 2 is 2.12 bits per heavy atom. The van der Waals surface area contributed by atoms with Crippen molar-refractivity contribution in [3.05, 3.63) is 42.0 Å². The van der Waals surface area contributed by atoms with E-state index in [0.717, 1.165) is 6.07 Å². The first-order valence-corrected chi connectivity index (χ1v) is 4.98. The molecule has 1 aromatic carbocycles. The molecule has 0 spiro atoms. The van der Waals surface area contributed by atoms with Gasteiger partial charge in [0.15, 0.2) is 11.6 Å². The summed E-state index contributed by atoms with van der Waals surface area (Å²) in [4.78, 5) is 11.1. The second-order valence-corrected chi connectivity index (χ2v) is 3.16. The maximum Gasteiger partial charge on any atom is 0.336 e. The van der Waals surface area contributed by atoms with Gasteiger partial charge >= 0.3 is 5.97 Å². The van der Waals surface area contributed by atoms with Crippen LogP contribution in [0.3, 0.4) is 0 Å². The number of esters is 1. The standard InChI is InChI=1S/C12H12F2O3/c1-3-16-12(15)8(2)7-17-10-6-4-5-9(13)11(10)14/h4-6H,2-3,7H2,1H3. The molecule has 1 rings (SSSR count). The lowest BCUT2D eigenvalue weighted by Gasteiger charge is -2.08. The number of ether oxygens (including phenoxy) is 2. The lowest BCUT2D eigenvalue weighted by Crippen LogP contribution is -2.13. The summed E-state index contributed by atoms with van der Waals surface area (Å²) in [5.74, 6) is -2.99. The molecule has 0 aromatic heterocycles. The number of halogens is 2. The van der Waals surface area contributed by atoms with Crippen molar-refractivity contribution in [2.75, 3.05) is 13.2 Å². The van der Waals surface area contributed by atoms with Crippen LogP contribution in [0.4, 0.5) is 8.78 Å². The van der Waals surface area contributed by atoms with Gasteiger partial charge in [-0.15, -0.1) is 0 Å². The zero-order valence-corrected chi connectivity index (χ0v) is 9.33. The summed E-state index contributed by atoms with van der Waals surface area (Å²) in [5, 5.41) is 0. The third-order valence-corrected chi connectivity index (χ3v) is 1.88. The van der Waals surface area contributed by atoms with Gasteiger partial charge in [0.25, 0.3) is 0 Å². The van der Waals surface area contributed by atoms with E-state index in [1.807, 2.05) is 0 Å². The molecule has 0 bridgehead atoms. The Kier molecular flexibility index (Phi) is 4.63. The van der Waals surface area contributed by atoms with Crippen LogP contribution in [0.2, 0.25) is 0 Å². The Balaban J connectivity index is 2.59. The Morgan fingerprint density at radius 3 is 2.76 bits per heavy atom. The van der Waals surface area contributed by atoms with Gasteiger partial charge < -0.3 is 9.47 Å². The molecular weight excluding hydrogens is 230 g/mol. The minimum absolute atomic E-state index is 0.0375. The van der Waals surface area contributed by atoms with Crippen molar-refractivity contribution in [1.82, 2.24) is 0 Å². The predicted molar refractivity (Wildman–Crippen MR) is 57.6 cm³/mol. The molecular formula is C12H12F2O3. The molecule has 0 heterocycles. The molecule has 0 radical (unpaired) electrons. The van der Waals surface area contributed by atoms with Gasteiger partial charge in [0.2, 0.25) is 5.82 Å². The summed E-state index contributed by atoms with van der Waals surface area (Å²) >= 11 is 0. The van der Waals surface area contributed by atoms with Crippen molar-refractivity contribution in [1.29, 1.82) is 0 Å². The highest BCUT2D eigenvalue weighted by Crippen LogP contribution is 2.19. The van der Waals surface area contributed by atoms with Crippen LogP contribution in [0.25, 0.3) is 0 Å². The quantitative estimate of drug-likeness (QED) is 0.587. The fourth-order valence-corrected chi connectivity index (χ4v) is 1.05. The number of rotatable bonds is 5. The normalized spacial score (nSPS) is 9.82. The molecule has 5 heteroatoms. The highest BCUT2D eigenvalue weighted by Gasteiger charge is 2.12. The van der Waals surface area contributed by atoms with Crippen LogP contribution in [-0.4, -0.2) is 19.2 Å². The average Bonchev–Trinajstić information content (AvgIpc) is 2.31. The monoisotopic (exact) mass is 242 g/mol. The first kappa shape index (κ1) is 13.2. The summed E-state index contributed by atoms with van der Waals surface area (Å²) in [5.41, 5.74) is 0.0375. The van der Waals surface area contributed by atoms with Crippen molar-refractivity contribution in [2.45, 2.75) is 6.92 Å². The van der Waals surface area contributed by atoms with Gasteiger partial charge in [-0.05, 0) is 19.1 Å². The van der Waals surface area contributed by atoms with Crippen LogP contribution in [0.1, 0.15) is 6.92 Å². The highest BCUT2D eigenvalue weighted by molar-refractivity contribution is 5.88. The molecule has 0 aliphatic heterocycles. The minimum Gasteiger partial charge on any atom is -0.485 e. The van der Waals surface area contributed by atoms with E-state index >= 15 is 0 Å². The maximum absolute atomic E-state index is 13.2. The summed E-state index contributed by atoms with van der Waals surface area (Å²) in [6.45, 7) is 5.04. The Morgan fingerprint density at radius 1 is 1.41 bits per heavy atom. The number of hydrogen-bond acceptors (Lipinski definition) is 3. The molecule has 0 aliphatic rings. The van der Waals surface area contributed by atoms with E-state index in [4.69, 9.17) is 4.74 Å². The van der Waals surface area contributed by atoms with E-state index in [9.17, 15) is 13.6 Å². The largest absolute Gasteiger partial charge is 0.485 e. The fraction of sp³-hybridized carbons (Fsp3) is 0.250. The van der Waals surface area contributed by atoms with E-state index in [2.05, 4.69) is 11.3 Å². The first-order valence-electron chi connectivity index (χ1n) is 4.98. The number of carbonyl (C=O) groups is 1. The van der Waals surface area contributed by atoms with Crippen molar-refractivity contribution in [3.8, 4) is 5.75 Å². The van der Waals surface area contributed by atoms with Gasteiger partial charge in [-0.2, -0.15) is 4.39 Å². The molecule has 0 fully saturated rings. The fourth-order valence-electron chi connectivity index (χ4n) is 1.05. The molecule has 0 aliphatic carbocycles. The molecule has 0 unspecified atom stereocenters. The molecule has 17 heavy (non-hydrogen) atoms. The zero-order chi connectivity index (χ0) is 12.8. The van der Waals surface area contributed by atoms with E-state index in [1.165, 1.54) is 12.1 Å². The third-order valence-electron chi connectivity index (χ3n) is 1.88. The van der Waals surface area contributed by atoms with Crippen molar-refractivity contribution < 1.29 is 23.0 Å². The van der Waals surface area contributed by atoms with Crippen LogP contribution < -0.4 is 4.74 Å². The van der Waals surface area contributed by atoms with Crippen LogP contribution in [-0.2, 0) is 9.53 Å². The second-order valence-electron chi connectivity index (χ2n) is 3.16. The van der Waals surface area contributed by atoms with Gasteiger partial charge in [-0.25, -0.2) is 9.18 Å². The zero-order valence-electron chi connectivity index (χ0n) is 9.33. The predicted octanol–water partition coefficient (Wildman–Crippen LogP) is 2.46. The van der Waals surface area contributed by atoms with Crippen LogP contribution in [0, 0.1) is 11.6 Å². The number of hydrogen-bond donors (Lipinski definition) is 0. The molecule has 3 nitrogen and oxygen atoms in total. The average molecular weight is 242 g/mol. The van der Waals surface area contributed by atoms with Crippen LogP contribution in [0.5, 0.6) is 5.75 Å². The van der Waals surface area contributed by atoms with Crippen molar-refractivity contribution in [2.24, 2.45) is 0 Å². The minimum atomic E-state index is -1.09. The maximum atomic E-state index is 13.2. The molecule has 0 saturated heterocycles. The smallest absolute Gasteiger partial charge is 0.336 e. The first-order chi connectivity index (χ1) is 8.06. The van der Waals surface area contributed by atoms with E-state index < -0.39 is 17.6 Å². The lowest BCUT2D eigenvalue weighted by molar-refractivity contribution is -0.138. The van der Waals surface area contributed by atoms with Crippen molar-refractivity contribution >= 4 is 5.97 Å². The van der Waals surface area contributed by atoms with E-state index in [1.54, 1.807) is 6.92 Å². The van der Waals surface area contributed by atoms with Crippen molar-refractivity contribution in [3.63, 3.8) is 0 Å². The molecule has 0 N–H and O–H groups in total. The third kappa shape index (κ3) is 3.55. The molecule has 0 amide bonds. The van der Waals surface area contributed by atoms with E-state index in [-0.39, 0.29) is 24.5 Å². The molecule has 0 atom stereocenters. The van der Waals surface area contributed by atoms with Gasteiger partial charge in [-0.1, -0.05) is 12.6 Å². The Labute approximate surface area is 97.7 Å². The second kappa shape index (κ2) is 5.98. The van der Waals surface area contributed by atoms with Gasteiger partial charge in [0.05, 0.1) is 12.2 Å². The summed E-state index contributed by atoms with van der Waals surface area (Å²) in [6, 6.07) is 3.54. The van der Waals surface area contributed by atoms with Gasteiger partial charge in [0.1, 0.15) is 6.61 Å². The summed E-state index contributed by atoms with van der Waals surface area (Å²) < 4.78 is 35.6. The number of carbonyl (C=O) groups excluding carboxylic acids is 1. The molecule has 0 saturated carbocycles. The summed E-state index contributed by atoms with van der Waals surface area (Å²) in [6.07, 6.45) is 0. The van der Waals surface area contributed by atoms with Crippen LogP contribution >= 0.6 is 0 Å². The SMILES string of the molecule is C=C(COc1cccc(F)c1F)C(=O)OCC. The number of benzene rings is 1. The molecule has 92 valence electrons.